The fraction of sp³-hybridized carbons (Fsp3) is 0.214. The molecular weight excluding hydrogens is 277 g/mol. The van der Waals surface area contributed by atoms with Gasteiger partial charge < -0.3 is 5.32 Å². The van der Waals surface area contributed by atoms with E-state index in [0.29, 0.717) is 18.7 Å². The van der Waals surface area contributed by atoms with Crippen molar-refractivity contribution < 1.29 is 9.18 Å². The molecule has 0 spiro atoms. The first-order valence-electron chi connectivity index (χ1n) is 6.13. The number of nitrogens with one attached hydrogen (secondary N) is 1. The van der Waals surface area contributed by atoms with Crippen LogP contribution in [0.1, 0.15) is 5.56 Å². The Morgan fingerprint density at radius 1 is 1.20 bits per heavy atom. The van der Waals surface area contributed by atoms with E-state index in [9.17, 15) is 9.18 Å². The van der Waals surface area contributed by atoms with Gasteiger partial charge in [-0.15, -0.1) is 11.8 Å². The van der Waals surface area contributed by atoms with Gasteiger partial charge in [0.1, 0.15) is 12.1 Å². The van der Waals surface area contributed by atoms with Crippen molar-refractivity contribution in [3.63, 3.8) is 0 Å². The van der Waals surface area contributed by atoms with Crippen LogP contribution in [0.25, 0.3) is 0 Å². The molecule has 0 aliphatic heterocycles. The van der Waals surface area contributed by atoms with Gasteiger partial charge in [0.05, 0.1) is 5.75 Å². The van der Waals surface area contributed by atoms with Crippen LogP contribution in [-0.2, 0) is 11.2 Å². The Bertz CT molecular complexity index is 548. The lowest BCUT2D eigenvalue weighted by Crippen LogP contribution is -2.27. The lowest BCUT2D eigenvalue weighted by Gasteiger charge is -2.05. The molecule has 0 fully saturated rings. The SMILES string of the molecule is O=C(CSc1ccc(F)cc1)NCCc1cncnc1. The summed E-state index contributed by atoms with van der Waals surface area (Å²) in [5.41, 5.74) is 0.985. The Kier molecular flexibility index (Phi) is 5.49. The summed E-state index contributed by atoms with van der Waals surface area (Å²) in [6.45, 7) is 0.552. The van der Waals surface area contributed by atoms with Crippen LogP contribution < -0.4 is 5.32 Å². The van der Waals surface area contributed by atoms with Gasteiger partial charge in [0, 0.05) is 23.8 Å². The summed E-state index contributed by atoms with van der Waals surface area (Å²) < 4.78 is 12.7. The van der Waals surface area contributed by atoms with Crippen LogP contribution in [0.15, 0.2) is 47.9 Å². The molecule has 0 aliphatic rings. The number of nitrogens with zero attached hydrogens (tertiary/aromatic N) is 2. The Morgan fingerprint density at radius 2 is 1.90 bits per heavy atom. The zero-order valence-corrected chi connectivity index (χ0v) is 11.6. The van der Waals surface area contributed by atoms with Gasteiger partial charge in [0.15, 0.2) is 0 Å². The summed E-state index contributed by atoms with van der Waals surface area (Å²) in [4.78, 5) is 20.3. The van der Waals surface area contributed by atoms with E-state index in [2.05, 4.69) is 15.3 Å². The Hall–Kier alpha value is -1.95. The lowest BCUT2D eigenvalue weighted by atomic mass is 10.2. The maximum Gasteiger partial charge on any atom is 0.230 e. The zero-order valence-electron chi connectivity index (χ0n) is 10.8. The highest BCUT2D eigenvalue weighted by Gasteiger charge is 2.03. The summed E-state index contributed by atoms with van der Waals surface area (Å²) in [6, 6.07) is 6.09. The van der Waals surface area contributed by atoms with Crippen molar-refractivity contribution >= 4 is 17.7 Å². The largest absolute Gasteiger partial charge is 0.355 e. The maximum atomic E-state index is 12.7. The summed E-state index contributed by atoms with van der Waals surface area (Å²) in [5, 5.41) is 2.82. The molecule has 20 heavy (non-hydrogen) atoms. The third-order valence-corrected chi connectivity index (χ3v) is 3.55. The van der Waals surface area contributed by atoms with Gasteiger partial charge in [-0.05, 0) is 36.2 Å². The van der Waals surface area contributed by atoms with Crippen molar-refractivity contribution in [3.05, 3.63) is 54.4 Å². The summed E-state index contributed by atoms with van der Waals surface area (Å²) >= 11 is 1.38. The first kappa shape index (κ1) is 14.5. The number of hydrogen-bond acceptors (Lipinski definition) is 4. The van der Waals surface area contributed by atoms with Crippen LogP contribution in [0, 0.1) is 5.82 Å². The van der Waals surface area contributed by atoms with Gasteiger partial charge in [-0.25, -0.2) is 14.4 Å². The first-order valence-corrected chi connectivity index (χ1v) is 7.11. The molecule has 1 aromatic carbocycles. The second kappa shape index (κ2) is 7.59. The van der Waals surface area contributed by atoms with E-state index in [4.69, 9.17) is 0 Å². The van der Waals surface area contributed by atoms with Gasteiger partial charge in [-0.1, -0.05) is 0 Å². The second-order valence-electron chi connectivity index (χ2n) is 4.09. The van der Waals surface area contributed by atoms with Crippen LogP contribution in [0.4, 0.5) is 4.39 Å². The number of hydrogen-bond donors (Lipinski definition) is 1. The molecule has 2 rings (SSSR count). The number of amides is 1. The third-order valence-electron chi connectivity index (χ3n) is 2.53. The minimum absolute atomic E-state index is 0.0452. The van der Waals surface area contributed by atoms with Crippen LogP contribution in [0.2, 0.25) is 0 Å². The van der Waals surface area contributed by atoms with E-state index in [1.165, 1.54) is 30.2 Å². The smallest absolute Gasteiger partial charge is 0.230 e. The summed E-state index contributed by atoms with van der Waals surface area (Å²) in [7, 11) is 0. The Morgan fingerprint density at radius 3 is 2.60 bits per heavy atom. The molecule has 1 aromatic heterocycles. The molecule has 1 amide bonds. The molecule has 0 radical (unpaired) electrons. The molecule has 0 saturated carbocycles. The Labute approximate surface area is 120 Å². The molecule has 0 saturated heterocycles. The fourth-order valence-electron chi connectivity index (χ4n) is 1.54. The van der Waals surface area contributed by atoms with Gasteiger partial charge in [0.2, 0.25) is 5.91 Å². The number of benzene rings is 1. The lowest BCUT2D eigenvalue weighted by molar-refractivity contribution is -0.118. The van der Waals surface area contributed by atoms with Crippen LogP contribution in [0.3, 0.4) is 0 Å². The average molecular weight is 291 g/mol. The van der Waals surface area contributed by atoms with E-state index in [1.54, 1.807) is 24.5 Å². The first-order chi connectivity index (χ1) is 9.74. The third kappa shape index (κ3) is 4.97. The van der Waals surface area contributed by atoms with Gasteiger partial charge in [0.25, 0.3) is 0 Å². The van der Waals surface area contributed by atoms with Crippen molar-refractivity contribution in [2.45, 2.75) is 11.3 Å². The highest BCUT2D eigenvalue weighted by molar-refractivity contribution is 8.00. The number of carbonyl (C=O) groups excluding carboxylic acids is 1. The van der Waals surface area contributed by atoms with Crippen molar-refractivity contribution in [1.29, 1.82) is 0 Å². The predicted molar refractivity (Wildman–Crippen MR) is 75.9 cm³/mol. The van der Waals surface area contributed by atoms with E-state index < -0.39 is 0 Å². The number of rotatable bonds is 6. The van der Waals surface area contributed by atoms with E-state index in [0.717, 1.165) is 10.5 Å². The van der Waals surface area contributed by atoms with Crippen molar-refractivity contribution in [1.82, 2.24) is 15.3 Å². The molecule has 1 heterocycles. The molecule has 0 bridgehead atoms. The molecule has 0 atom stereocenters. The van der Waals surface area contributed by atoms with Crippen LogP contribution in [0.5, 0.6) is 0 Å². The molecule has 1 N–H and O–H groups in total. The van der Waals surface area contributed by atoms with Gasteiger partial charge in [-0.2, -0.15) is 0 Å². The normalized spacial score (nSPS) is 10.2. The van der Waals surface area contributed by atoms with Crippen molar-refractivity contribution in [2.75, 3.05) is 12.3 Å². The molecule has 0 unspecified atom stereocenters. The summed E-state index contributed by atoms with van der Waals surface area (Å²) in [6.07, 6.45) is 5.63. The minimum Gasteiger partial charge on any atom is -0.355 e. The molecule has 2 aromatic rings. The van der Waals surface area contributed by atoms with Crippen LogP contribution in [-0.4, -0.2) is 28.2 Å². The standard InChI is InChI=1S/C14H14FN3OS/c15-12-1-3-13(4-2-12)20-9-14(19)18-6-5-11-7-16-10-17-8-11/h1-4,7-8,10H,5-6,9H2,(H,18,19). The molecule has 104 valence electrons. The van der Waals surface area contributed by atoms with Gasteiger partial charge >= 0.3 is 0 Å². The second-order valence-corrected chi connectivity index (χ2v) is 5.14. The number of thioether (sulfide) groups is 1. The maximum absolute atomic E-state index is 12.7. The van der Waals surface area contributed by atoms with E-state index in [-0.39, 0.29) is 11.7 Å². The number of aromatic nitrogens is 2. The highest BCUT2D eigenvalue weighted by atomic mass is 32.2. The monoisotopic (exact) mass is 291 g/mol. The molecule has 6 heteroatoms. The quantitative estimate of drug-likeness (QED) is 0.828. The minimum atomic E-state index is -0.274. The van der Waals surface area contributed by atoms with Crippen molar-refractivity contribution in [3.8, 4) is 0 Å². The molecule has 4 nitrogen and oxygen atoms in total. The predicted octanol–water partition coefficient (Wildman–Crippen LogP) is 2.07. The van der Waals surface area contributed by atoms with Crippen molar-refractivity contribution in [2.24, 2.45) is 0 Å². The van der Waals surface area contributed by atoms with E-state index >= 15 is 0 Å². The summed E-state index contributed by atoms with van der Waals surface area (Å²) in [5.74, 6) is -0.00300. The average Bonchev–Trinajstić information content (AvgIpc) is 2.48. The Balaban J connectivity index is 1.67. The number of carbonyl (C=O) groups is 1. The van der Waals surface area contributed by atoms with Crippen LogP contribution >= 0.6 is 11.8 Å². The number of halogens is 1. The topological polar surface area (TPSA) is 54.9 Å². The van der Waals surface area contributed by atoms with E-state index in [1.807, 2.05) is 0 Å². The molecular formula is C14H14FN3OS. The fourth-order valence-corrected chi connectivity index (χ4v) is 2.26. The highest BCUT2D eigenvalue weighted by Crippen LogP contribution is 2.17. The molecule has 0 aliphatic carbocycles. The zero-order chi connectivity index (χ0) is 14.2. The van der Waals surface area contributed by atoms with Gasteiger partial charge in [-0.3, -0.25) is 4.79 Å².